The highest BCUT2D eigenvalue weighted by molar-refractivity contribution is 5.95. The number of hydrogen-bond donors (Lipinski definition) is 0. The van der Waals surface area contributed by atoms with Crippen molar-refractivity contribution >= 4 is 11.9 Å². The average Bonchev–Trinajstić information content (AvgIpc) is 2.68. The molecule has 96 valence electrons. The molecule has 1 aromatic rings. The molecule has 0 saturated heterocycles. The Labute approximate surface area is 101 Å². The predicted molar refractivity (Wildman–Crippen MR) is 56.2 cm³/mol. The molecule has 0 spiro atoms. The lowest BCUT2D eigenvalue weighted by Gasteiger charge is -2.20. The number of carbonyl (C=O) groups excluding carboxylic acids is 2. The van der Waals surface area contributed by atoms with E-state index in [9.17, 15) is 18.4 Å². The minimum atomic E-state index is -3.89. The quantitative estimate of drug-likeness (QED) is 0.777. The van der Waals surface area contributed by atoms with Crippen LogP contribution in [-0.2, 0) is 14.3 Å². The molecule has 18 heavy (non-hydrogen) atoms. The number of rotatable bonds is 3. The van der Waals surface area contributed by atoms with Gasteiger partial charge in [-0.1, -0.05) is 18.2 Å². The molecule has 0 amide bonds. The molecule has 1 atom stereocenters. The van der Waals surface area contributed by atoms with Gasteiger partial charge >= 0.3 is 17.9 Å². The zero-order valence-electron chi connectivity index (χ0n) is 9.48. The third-order valence-corrected chi connectivity index (χ3v) is 2.56. The molecule has 1 aliphatic heterocycles. The molecule has 6 heteroatoms. The summed E-state index contributed by atoms with van der Waals surface area (Å²) in [6.07, 6.45) is -1.92. The fraction of sp³-hybridized carbons (Fsp3) is 0.333. The van der Waals surface area contributed by atoms with Crippen LogP contribution in [0.2, 0.25) is 0 Å². The third kappa shape index (κ3) is 1.83. The lowest BCUT2D eigenvalue weighted by molar-refractivity contribution is -0.188. The third-order valence-electron chi connectivity index (χ3n) is 2.56. The topological polar surface area (TPSA) is 52.6 Å². The van der Waals surface area contributed by atoms with E-state index in [1.165, 1.54) is 31.2 Å². The molecular weight excluding hydrogens is 246 g/mol. The minimum Gasteiger partial charge on any atom is -0.461 e. The van der Waals surface area contributed by atoms with Gasteiger partial charge in [-0.3, -0.25) is 0 Å². The molecule has 4 nitrogen and oxygen atoms in total. The molecule has 1 aliphatic rings. The maximum Gasteiger partial charge on any atom is 0.382 e. The Morgan fingerprint density at radius 2 is 2.11 bits per heavy atom. The average molecular weight is 256 g/mol. The van der Waals surface area contributed by atoms with Gasteiger partial charge in [-0.2, -0.15) is 8.78 Å². The molecule has 0 aliphatic carbocycles. The van der Waals surface area contributed by atoms with E-state index >= 15 is 0 Å². The highest BCUT2D eigenvalue weighted by Crippen LogP contribution is 2.42. The lowest BCUT2D eigenvalue weighted by atomic mass is 10.0. The molecular formula is C12H10F2O4. The number of esters is 2. The second-order valence-corrected chi connectivity index (χ2v) is 3.72. The van der Waals surface area contributed by atoms with Crippen molar-refractivity contribution in [3.63, 3.8) is 0 Å². The lowest BCUT2D eigenvalue weighted by Crippen LogP contribution is -2.37. The SMILES string of the molecule is CCOC(=O)C(F)(F)[C@@H]1OC(=O)c2ccccc21. The summed E-state index contributed by atoms with van der Waals surface area (Å²) < 4.78 is 36.5. The fourth-order valence-corrected chi connectivity index (χ4v) is 1.75. The van der Waals surface area contributed by atoms with Crippen LogP contribution in [0.25, 0.3) is 0 Å². The van der Waals surface area contributed by atoms with Crippen molar-refractivity contribution in [2.45, 2.75) is 19.0 Å². The number of ether oxygens (including phenoxy) is 2. The van der Waals surface area contributed by atoms with Gasteiger partial charge in [0.15, 0.2) is 0 Å². The second kappa shape index (κ2) is 4.36. The van der Waals surface area contributed by atoms with Crippen LogP contribution in [0.15, 0.2) is 24.3 Å². The van der Waals surface area contributed by atoms with Crippen LogP contribution in [0.5, 0.6) is 0 Å². The van der Waals surface area contributed by atoms with Crippen LogP contribution in [-0.4, -0.2) is 24.5 Å². The molecule has 0 saturated carbocycles. The summed E-state index contributed by atoms with van der Waals surface area (Å²) in [4.78, 5) is 22.6. The molecule has 1 heterocycles. The van der Waals surface area contributed by atoms with E-state index in [2.05, 4.69) is 9.47 Å². The minimum absolute atomic E-state index is 0.000512. The molecule has 0 unspecified atom stereocenters. The van der Waals surface area contributed by atoms with Crippen molar-refractivity contribution in [3.05, 3.63) is 35.4 Å². The van der Waals surface area contributed by atoms with Crippen LogP contribution in [0.3, 0.4) is 0 Å². The van der Waals surface area contributed by atoms with Gasteiger partial charge in [-0.15, -0.1) is 0 Å². The van der Waals surface area contributed by atoms with Gasteiger partial charge in [0, 0.05) is 5.56 Å². The number of alkyl halides is 2. The van der Waals surface area contributed by atoms with Crippen molar-refractivity contribution in [2.75, 3.05) is 6.61 Å². The maximum atomic E-state index is 13.8. The van der Waals surface area contributed by atoms with Crippen molar-refractivity contribution in [1.29, 1.82) is 0 Å². The van der Waals surface area contributed by atoms with E-state index in [0.717, 1.165) is 0 Å². The van der Waals surface area contributed by atoms with Crippen molar-refractivity contribution in [2.24, 2.45) is 0 Å². The summed E-state index contributed by atoms with van der Waals surface area (Å²) >= 11 is 0. The van der Waals surface area contributed by atoms with Crippen molar-refractivity contribution < 1.29 is 27.8 Å². The molecule has 0 N–H and O–H groups in total. The first kappa shape index (κ1) is 12.5. The Morgan fingerprint density at radius 1 is 1.44 bits per heavy atom. The summed E-state index contributed by atoms with van der Waals surface area (Å²) in [5.41, 5.74) is 0.0482. The molecule has 0 radical (unpaired) electrons. The van der Waals surface area contributed by atoms with Gasteiger partial charge in [0.1, 0.15) is 0 Å². The number of benzene rings is 1. The van der Waals surface area contributed by atoms with Crippen LogP contribution in [0.4, 0.5) is 8.78 Å². The van der Waals surface area contributed by atoms with Crippen LogP contribution >= 0.6 is 0 Å². The fourth-order valence-electron chi connectivity index (χ4n) is 1.75. The Bertz CT molecular complexity index is 499. The highest BCUT2D eigenvalue weighted by Gasteiger charge is 2.55. The van der Waals surface area contributed by atoms with Crippen LogP contribution in [0.1, 0.15) is 28.9 Å². The maximum absolute atomic E-state index is 13.8. The molecule has 0 aromatic heterocycles. The van der Waals surface area contributed by atoms with E-state index in [1.54, 1.807) is 0 Å². The summed E-state index contributed by atoms with van der Waals surface area (Å²) in [6, 6.07) is 5.73. The Hall–Kier alpha value is -1.98. The van der Waals surface area contributed by atoms with Gasteiger partial charge < -0.3 is 9.47 Å². The number of hydrogen-bond acceptors (Lipinski definition) is 4. The number of fused-ring (bicyclic) bond motifs is 1. The smallest absolute Gasteiger partial charge is 0.382 e. The van der Waals surface area contributed by atoms with Crippen LogP contribution < -0.4 is 0 Å². The Morgan fingerprint density at radius 3 is 2.78 bits per heavy atom. The van der Waals surface area contributed by atoms with E-state index in [-0.39, 0.29) is 17.7 Å². The van der Waals surface area contributed by atoms with Crippen molar-refractivity contribution in [3.8, 4) is 0 Å². The summed E-state index contributed by atoms with van der Waals surface area (Å²) in [5, 5.41) is 0. The Balaban J connectivity index is 2.36. The standard InChI is InChI=1S/C12H10F2O4/c1-2-17-11(16)12(13,14)9-7-5-3-4-6-8(7)10(15)18-9/h3-6,9H,2H2,1H3/t9-/m1/s1. The first-order valence-electron chi connectivity index (χ1n) is 5.33. The van der Waals surface area contributed by atoms with Crippen LogP contribution in [0, 0.1) is 0 Å². The van der Waals surface area contributed by atoms with Gasteiger partial charge in [0.2, 0.25) is 6.10 Å². The monoisotopic (exact) mass is 256 g/mol. The van der Waals surface area contributed by atoms with Gasteiger partial charge in [0.25, 0.3) is 0 Å². The predicted octanol–water partition coefficient (Wildman–Crippen LogP) is 2.10. The van der Waals surface area contributed by atoms with Gasteiger partial charge in [-0.05, 0) is 13.0 Å². The normalized spacial score (nSPS) is 18.2. The Kier molecular flexibility index (Phi) is 3.02. The molecule has 1 aromatic carbocycles. The molecule has 0 bridgehead atoms. The van der Waals surface area contributed by atoms with E-state index in [4.69, 9.17) is 0 Å². The van der Waals surface area contributed by atoms with E-state index in [0.29, 0.717) is 0 Å². The number of halogens is 2. The zero-order valence-corrected chi connectivity index (χ0v) is 9.48. The van der Waals surface area contributed by atoms with Crippen molar-refractivity contribution in [1.82, 2.24) is 0 Å². The van der Waals surface area contributed by atoms with E-state index in [1.807, 2.05) is 0 Å². The van der Waals surface area contributed by atoms with Gasteiger partial charge in [-0.25, -0.2) is 9.59 Å². The number of cyclic esters (lactones) is 1. The summed E-state index contributed by atoms with van der Waals surface area (Å²) in [7, 11) is 0. The summed E-state index contributed by atoms with van der Waals surface area (Å²) in [6.45, 7) is 1.25. The summed E-state index contributed by atoms with van der Waals surface area (Å²) in [5.74, 6) is -6.45. The molecule has 2 rings (SSSR count). The molecule has 0 fully saturated rings. The second-order valence-electron chi connectivity index (χ2n) is 3.72. The first-order valence-corrected chi connectivity index (χ1v) is 5.33. The zero-order chi connectivity index (χ0) is 13.3. The first-order chi connectivity index (χ1) is 8.48. The van der Waals surface area contributed by atoms with E-state index < -0.39 is 24.0 Å². The number of carbonyl (C=O) groups is 2. The van der Waals surface area contributed by atoms with Gasteiger partial charge in [0.05, 0.1) is 12.2 Å². The largest absolute Gasteiger partial charge is 0.461 e. The highest BCUT2D eigenvalue weighted by atomic mass is 19.3.